The zero-order valence-corrected chi connectivity index (χ0v) is 10.5. The molecule has 0 aliphatic carbocycles. The Hall–Kier alpha value is -2.23. The van der Waals surface area contributed by atoms with Gasteiger partial charge < -0.3 is 4.90 Å². The number of amides is 1. The first kappa shape index (κ1) is 11.8. The van der Waals surface area contributed by atoms with Crippen LogP contribution in [0.5, 0.6) is 0 Å². The Kier molecular flexibility index (Phi) is 2.99. The predicted octanol–water partition coefficient (Wildman–Crippen LogP) is 2.04. The highest BCUT2D eigenvalue weighted by Gasteiger charge is 2.21. The molecule has 1 aliphatic heterocycles. The van der Waals surface area contributed by atoms with E-state index in [2.05, 4.69) is 4.98 Å². The van der Waals surface area contributed by atoms with Gasteiger partial charge in [-0.2, -0.15) is 0 Å². The van der Waals surface area contributed by atoms with Gasteiger partial charge in [0, 0.05) is 43.1 Å². The molecule has 1 amide bonds. The van der Waals surface area contributed by atoms with Crippen molar-refractivity contribution in [3.63, 3.8) is 0 Å². The first-order valence-electron chi connectivity index (χ1n) is 6.40. The number of hydrogen-bond acceptors (Lipinski definition) is 3. The Morgan fingerprint density at radius 1 is 1.16 bits per heavy atom. The maximum absolute atomic E-state index is 12.3. The zero-order chi connectivity index (χ0) is 13.2. The number of nitrogens with zero attached hydrogens (tertiary/aromatic N) is 2. The highest BCUT2D eigenvalue weighted by Crippen LogP contribution is 2.16. The summed E-state index contributed by atoms with van der Waals surface area (Å²) in [5.74, 6) is 0.241. The molecule has 0 saturated carbocycles. The average molecular weight is 254 g/mol. The largest absolute Gasteiger partial charge is 0.338 e. The van der Waals surface area contributed by atoms with E-state index in [1.54, 1.807) is 17.2 Å². The molecular weight excluding hydrogens is 240 g/mol. The van der Waals surface area contributed by atoms with Gasteiger partial charge in [-0.25, -0.2) is 0 Å². The van der Waals surface area contributed by atoms with E-state index < -0.39 is 0 Å². The lowest BCUT2D eigenvalue weighted by Gasteiger charge is -2.26. The molecule has 3 rings (SSSR count). The molecule has 4 heteroatoms. The Labute approximate surface area is 111 Å². The molecule has 0 atom stereocenters. The van der Waals surface area contributed by atoms with Crippen molar-refractivity contribution in [3.8, 4) is 0 Å². The summed E-state index contributed by atoms with van der Waals surface area (Å²) < 4.78 is 0. The van der Waals surface area contributed by atoms with Crippen molar-refractivity contribution in [2.45, 2.75) is 12.8 Å². The van der Waals surface area contributed by atoms with Crippen LogP contribution < -0.4 is 0 Å². The van der Waals surface area contributed by atoms with E-state index in [1.165, 1.54) is 0 Å². The van der Waals surface area contributed by atoms with E-state index >= 15 is 0 Å². The molecular formula is C15H14N2O2. The molecule has 1 aromatic heterocycles. The van der Waals surface area contributed by atoms with Gasteiger partial charge in [0.15, 0.2) is 0 Å². The van der Waals surface area contributed by atoms with Crippen molar-refractivity contribution in [1.29, 1.82) is 0 Å². The average Bonchev–Trinajstić information content (AvgIpc) is 2.47. The third kappa shape index (κ3) is 2.34. The second-order valence-corrected chi connectivity index (χ2v) is 4.74. The first-order valence-corrected chi connectivity index (χ1v) is 6.40. The minimum atomic E-state index is -0.00162. The van der Waals surface area contributed by atoms with Crippen LogP contribution in [-0.2, 0) is 4.79 Å². The molecule has 0 N–H and O–H groups in total. The number of hydrogen-bond donors (Lipinski definition) is 0. The van der Waals surface area contributed by atoms with Gasteiger partial charge in [0.25, 0.3) is 5.91 Å². The number of carbonyl (C=O) groups excluding carboxylic acids is 2. The van der Waals surface area contributed by atoms with E-state index in [-0.39, 0.29) is 11.7 Å². The number of piperidine rings is 1. The quantitative estimate of drug-likeness (QED) is 0.782. The Morgan fingerprint density at radius 3 is 2.74 bits per heavy atom. The zero-order valence-electron chi connectivity index (χ0n) is 10.5. The molecule has 0 spiro atoms. The van der Waals surface area contributed by atoms with Crippen LogP contribution in [0.2, 0.25) is 0 Å². The van der Waals surface area contributed by atoms with Crippen molar-refractivity contribution in [1.82, 2.24) is 9.88 Å². The number of Topliss-reactive ketones (excluding diaryl/α,β-unsaturated/α-hetero) is 1. The number of ketones is 1. The molecule has 1 aromatic carbocycles. The number of pyridine rings is 1. The molecule has 1 saturated heterocycles. The lowest BCUT2D eigenvalue weighted by atomic mass is 10.1. The molecule has 4 nitrogen and oxygen atoms in total. The topological polar surface area (TPSA) is 50.3 Å². The van der Waals surface area contributed by atoms with Crippen LogP contribution >= 0.6 is 0 Å². The lowest BCUT2D eigenvalue weighted by Crippen LogP contribution is -2.38. The van der Waals surface area contributed by atoms with Crippen LogP contribution in [0.1, 0.15) is 23.2 Å². The van der Waals surface area contributed by atoms with Gasteiger partial charge in [-0.05, 0) is 24.3 Å². The molecule has 2 aromatic rings. The normalized spacial score (nSPS) is 15.8. The second-order valence-electron chi connectivity index (χ2n) is 4.74. The third-order valence-electron chi connectivity index (χ3n) is 3.46. The molecule has 96 valence electrons. The predicted molar refractivity (Wildman–Crippen MR) is 71.9 cm³/mol. The summed E-state index contributed by atoms with van der Waals surface area (Å²) in [6, 6.07) is 9.32. The van der Waals surface area contributed by atoms with Crippen molar-refractivity contribution < 1.29 is 9.59 Å². The van der Waals surface area contributed by atoms with Gasteiger partial charge in [-0.15, -0.1) is 0 Å². The van der Waals surface area contributed by atoms with Gasteiger partial charge in [0.05, 0.1) is 5.52 Å². The molecule has 1 fully saturated rings. The molecule has 19 heavy (non-hydrogen) atoms. The van der Waals surface area contributed by atoms with Crippen LogP contribution in [0.15, 0.2) is 36.5 Å². The summed E-state index contributed by atoms with van der Waals surface area (Å²) in [4.78, 5) is 29.5. The maximum Gasteiger partial charge on any atom is 0.253 e. The second kappa shape index (κ2) is 4.80. The van der Waals surface area contributed by atoms with Gasteiger partial charge in [-0.1, -0.05) is 6.07 Å². The Morgan fingerprint density at radius 2 is 1.95 bits per heavy atom. The smallest absolute Gasteiger partial charge is 0.253 e. The first-order chi connectivity index (χ1) is 9.24. The summed E-state index contributed by atoms with van der Waals surface area (Å²) in [6.45, 7) is 1.06. The number of fused-ring (bicyclic) bond motifs is 1. The summed E-state index contributed by atoms with van der Waals surface area (Å²) in [5, 5.41) is 0.960. The summed E-state index contributed by atoms with van der Waals surface area (Å²) in [6.07, 6.45) is 2.68. The fourth-order valence-electron chi connectivity index (χ4n) is 2.35. The SMILES string of the molecule is O=C1CCN(C(=O)c2ccc3ncccc3c2)CC1. The fraction of sp³-hybridized carbons (Fsp3) is 0.267. The summed E-state index contributed by atoms with van der Waals surface area (Å²) >= 11 is 0. The summed E-state index contributed by atoms with van der Waals surface area (Å²) in [5.41, 5.74) is 1.54. The van der Waals surface area contributed by atoms with Crippen LogP contribution in [-0.4, -0.2) is 34.7 Å². The molecule has 0 unspecified atom stereocenters. The molecule has 2 heterocycles. The van der Waals surface area contributed by atoms with E-state index in [1.807, 2.05) is 24.3 Å². The van der Waals surface area contributed by atoms with Crippen LogP contribution in [0, 0.1) is 0 Å². The minimum absolute atomic E-state index is 0.00162. The minimum Gasteiger partial charge on any atom is -0.338 e. The van der Waals surface area contributed by atoms with E-state index in [4.69, 9.17) is 0 Å². The number of carbonyl (C=O) groups is 2. The van der Waals surface area contributed by atoms with Gasteiger partial charge in [0.2, 0.25) is 0 Å². The number of rotatable bonds is 1. The lowest BCUT2D eigenvalue weighted by molar-refractivity contribution is -0.120. The molecule has 1 aliphatic rings. The van der Waals surface area contributed by atoms with E-state index in [0.29, 0.717) is 31.5 Å². The van der Waals surface area contributed by atoms with E-state index in [0.717, 1.165) is 10.9 Å². The van der Waals surface area contributed by atoms with Gasteiger partial charge in [-0.3, -0.25) is 14.6 Å². The van der Waals surface area contributed by atoms with E-state index in [9.17, 15) is 9.59 Å². The molecule has 0 bridgehead atoms. The number of aromatic nitrogens is 1. The number of benzene rings is 1. The maximum atomic E-state index is 12.3. The highest BCUT2D eigenvalue weighted by molar-refractivity contribution is 5.98. The molecule has 0 radical (unpaired) electrons. The Bertz CT molecular complexity index is 641. The van der Waals surface area contributed by atoms with Gasteiger partial charge >= 0.3 is 0 Å². The summed E-state index contributed by atoms with van der Waals surface area (Å²) in [7, 11) is 0. The number of likely N-dealkylation sites (tertiary alicyclic amines) is 1. The Balaban J connectivity index is 1.87. The van der Waals surface area contributed by atoms with Crippen molar-refractivity contribution in [3.05, 3.63) is 42.1 Å². The van der Waals surface area contributed by atoms with Crippen molar-refractivity contribution >= 4 is 22.6 Å². The third-order valence-corrected chi connectivity index (χ3v) is 3.46. The van der Waals surface area contributed by atoms with Gasteiger partial charge in [0.1, 0.15) is 5.78 Å². The highest BCUT2D eigenvalue weighted by atomic mass is 16.2. The van der Waals surface area contributed by atoms with Crippen LogP contribution in [0.25, 0.3) is 10.9 Å². The fourth-order valence-corrected chi connectivity index (χ4v) is 2.35. The van der Waals surface area contributed by atoms with Crippen molar-refractivity contribution in [2.24, 2.45) is 0 Å². The van der Waals surface area contributed by atoms with Crippen LogP contribution in [0.3, 0.4) is 0 Å². The monoisotopic (exact) mass is 254 g/mol. The standard InChI is InChI=1S/C15H14N2O2/c18-13-5-8-17(9-6-13)15(19)12-3-4-14-11(10-12)2-1-7-16-14/h1-4,7,10H,5-6,8-9H2. The van der Waals surface area contributed by atoms with Crippen molar-refractivity contribution in [2.75, 3.05) is 13.1 Å². The van der Waals surface area contributed by atoms with Crippen LogP contribution in [0.4, 0.5) is 0 Å².